The number of hydrogen-bond donors (Lipinski definition) is 2. The lowest BCUT2D eigenvalue weighted by molar-refractivity contribution is 0.0934. The van der Waals surface area contributed by atoms with E-state index in [4.69, 9.17) is 0 Å². The fourth-order valence-corrected chi connectivity index (χ4v) is 3.31. The molecule has 6 heteroatoms. The van der Waals surface area contributed by atoms with Gasteiger partial charge in [0, 0.05) is 18.5 Å². The van der Waals surface area contributed by atoms with E-state index >= 15 is 0 Å². The average Bonchev–Trinajstić information content (AvgIpc) is 3.27. The molecular weight excluding hydrogens is 340 g/mol. The molecular formula is C21H20N4O2. The van der Waals surface area contributed by atoms with E-state index in [9.17, 15) is 9.59 Å². The Hall–Kier alpha value is -3.41. The van der Waals surface area contributed by atoms with Crippen LogP contribution in [-0.4, -0.2) is 27.6 Å². The molecule has 0 unspecified atom stereocenters. The average molecular weight is 360 g/mol. The zero-order chi connectivity index (χ0) is 18.6. The van der Waals surface area contributed by atoms with Gasteiger partial charge in [-0.05, 0) is 17.7 Å². The molecule has 0 spiro atoms. The normalized spacial score (nSPS) is 15.2. The zero-order valence-electron chi connectivity index (χ0n) is 14.8. The second-order valence-electron chi connectivity index (χ2n) is 6.60. The van der Waals surface area contributed by atoms with Gasteiger partial charge in [0.25, 0.3) is 11.8 Å². The van der Waals surface area contributed by atoms with Crippen LogP contribution in [0.15, 0.2) is 66.9 Å². The number of carbonyl (C=O) groups excluding carboxylic acids is 2. The van der Waals surface area contributed by atoms with Crippen LogP contribution < -0.4 is 10.6 Å². The van der Waals surface area contributed by atoms with E-state index in [0.717, 1.165) is 11.3 Å². The molecule has 1 aromatic heterocycles. The number of nitrogens with one attached hydrogen (secondary N) is 2. The maximum absolute atomic E-state index is 12.5. The predicted octanol–water partition coefficient (Wildman–Crippen LogP) is 2.17. The summed E-state index contributed by atoms with van der Waals surface area (Å²) in [6.07, 6.45) is 2.19. The van der Waals surface area contributed by atoms with Gasteiger partial charge in [-0.3, -0.25) is 14.3 Å². The number of carbonyl (C=O) groups is 2. The first kappa shape index (κ1) is 17.0. The lowest BCUT2D eigenvalue weighted by Gasteiger charge is -2.11. The fraction of sp³-hybridized carbons (Fsp3) is 0.190. The third-order valence-corrected chi connectivity index (χ3v) is 4.69. The van der Waals surface area contributed by atoms with Crippen molar-refractivity contribution in [1.82, 2.24) is 20.4 Å². The van der Waals surface area contributed by atoms with Gasteiger partial charge in [0.1, 0.15) is 0 Å². The first-order valence-corrected chi connectivity index (χ1v) is 8.93. The van der Waals surface area contributed by atoms with Crippen molar-refractivity contribution in [2.45, 2.75) is 25.6 Å². The molecule has 0 fully saturated rings. The van der Waals surface area contributed by atoms with Crippen molar-refractivity contribution >= 4 is 11.8 Å². The Morgan fingerprint density at radius 3 is 2.44 bits per heavy atom. The Bertz CT molecular complexity index is 951. The minimum absolute atomic E-state index is 0.0675. The quantitative estimate of drug-likeness (QED) is 0.732. The predicted molar refractivity (Wildman–Crippen MR) is 101 cm³/mol. The van der Waals surface area contributed by atoms with Crippen molar-refractivity contribution < 1.29 is 9.59 Å². The molecule has 0 bridgehead atoms. The lowest BCUT2D eigenvalue weighted by atomic mass is 10.1. The molecule has 2 N–H and O–H groups in total. The highest BCUT2D eigenvalue weighted by atomic mass is 16.2. The van der Waals surface area contributed by atoms with Crippen molar-refractivity contribution in [3.63, 3.8) is 0 Å². The van der Waals surface area contributed by atoms with Crippen molar-refractivity contribution in [2.75, 3.05) is 0 Å². The van der Waals surface area contributed by atoms with Gasteiger partial charge in [0.2, 0.25) is 0 Å². The van der Waals surface area contributed by atoms with E-state index in [1.807, 2.05) is 48.5 Å². The molecule has 136 valence electrons. The largest absolute Gasteiger partial charge is 0.348 e. The summed E-state index contributed by atoms with van der Waals surface area (Å²) in [6, 6.07) is 18.8. The molecule has 0 aliphatic carbocycles. The van der Waals surface area contributed by atoms with Crippen molar-refractivity contribution in [2.24, 2.45) is 0 Å². The summed E-state index contributed by atoms with van der Waals surface area (Å²) < 4.78 is 1.80. The molecule has 1 atom stereocenters. The summed E-state index contributed by atoms with van der Waals surface area (Å²) in [7, 11) is 0. The smallest absolute Gasteiger partial charge is 0.255 e. The summed E-state index contributed by atoms with van der Waals surface area (Å²) in [6.45, 7) is 1.04. The van der Waals surface area contributed by atoms with Crippen molar-refractivity contribution in [3.05, 3.63) is 89.2 Å². The van der Waals surface area contributed by atoms with Gasteiger partial charge in [-0.15, -0.1) is 0 Å². The third kappa shape index (κ3) is 3.74. The number of fused-ring (bicyclic) bond motifs is 1. The molecule has 2 aromatic carbocycles. The van der Waals surface area contributed by atoms with Crippen LogP contribution >= 0.6 is 0 Å². The maximum Gasteiger partial charge on any atom is 0.255 e. The Balaban J connectivity index is 1.38. The molecule has 27 heavy (non-hydrogen) atoms. The number of benzene rings is 2. The van der Waals surface area contributed by atoms with Crippen LogP contribution in [0.5, 0.6) is 0 Å². The van der Waals surface area contributed by atoms with E-state index in [0.29, 0.717) is 30.6 Å². The summed E-state index contributed by atoms with van der Waals surface area (Å²) in [5, 5.41) is 10.3. The molecule has 2 amide bonds. The Labute approximate surface area is 157 Å². The molecule has 3 aromatic rings. The highest BCUT2D eigenvalue weighted by Gasteiger charge is 2.28. The molecule has 0 saturated heterocycles. The molecule has 0 saturated carbocycles. The van der Waals surface area contributed by atoms with Crippen molar-refractivity contribution in [1.29, 1.82) is 0 Å². The topological polar surface area (TPSA) is 76.0 Å². The first-order valence-electron chi connectivity index (χ1n) is 8.93. The maximum atomic E-state index is 12.5. The monoisotopic (exact) mass is 360 g/mol. The molecule has 1 aliphatic rings. The number of rotatable bonds is 5. The van der Waals surface area contributed by atoms with Gasteiger partial charge in [-0.2, -0.15) is 5.10 Å². The molecule has 4 rings (SSSR count). The van der Waals surface area contributed by atoms with E-state index in [-0.39, 0.29) is 17.9 Å². The van der Waals surface area contributed by atoms with E-state index in [1.165, 1.54) is 0 Å². The number of amides is 2. The number of aromatic nitrogens is 2. The Kier molecular flexibility index (Phi) is 4.70. The van der Waals surface area contributed by atoms with Gasteiger partial charge < -0.3 is 10.6 Å². The van der Waals surface area contributed by atoms with Crippen molar-refractivity contribution in [3.8, 4) is 0 Å². The van der Waals surface area contributed by atoms with Crippen LogP contribution in [-0.2, 0) is 19.5 Å². The third-order valence-electron chi connectivity index (χ3n) is 4.69. The summed E-state index contributed by atoms with van der Waals surface area (Å²) in [5.41, 5.74) is 3.10. The zero-order valence-corrected chi connectivity index (χ0v) is 14.8. The summed E-state index contributed by atoms with van der Waals surface area (Å²) in [4.78, 5) is 24.9. The van der Waals surface area contributed by atoms with E-state index < -0.39 is 0 Å². The molecule has 2 heterocycles. The lowest BCUT2D eigenvalue weighted by Crippen LogP contribution is -2.36. The highest BCUT2D eigenvalue weighted by molar-refractivity contribution is 5.96. The number of hydrogen-bond acceptors (Lipinski definition) is 3. The highest BCUT2D eigenvalue weighted by Crippen LogP contribution is 2.19. The van der Waals surface area contributed by atoms with E-state index in [2.05, 4.69) is 15.7 Å². The van der Waals surface area contributed by atoms with Crippen LogP contribution in [0, 0.1) is 0 Å². The second-order valence-corrected chi connectivity index (χ2v) is 6.60. The minimum atomic E-state index is -0.143. The Morgan fingerprint density at radius 2 is 1.70 bits per heavy atom. The standard InChI is InChI=1S/C21H20N4O2/c26-20(16-9-5-2-6-10-16)24-17-11-19-18(13-23-25(19)14-17)21(27)22-12-15-7-3-1-4-8-15/h1-10,13,17H,11-12,14H2,(H,22,27)(H,24,26)/t17-/m0/s1. The van der Waals surface area contributed by atoms with Gasteiger partial charge in [-0.1, -0.05) is 48.5 Å². The SMILES string of the molecule is O=C(N[C@H]1Cc2c(C(=O)NCc3ccccc3)cnn2C1)c1ccccc1. The van der Waals surface area contributed by atoms with Gasteiger partial charge in [0.15, 0.2) is 0 Å². The number of nitrogens with zero attached hydrogens (tertiary/aromatic N) is 2. The van der Waals surface area contributed by atoms with Gasteiger partial charge in [-0.25, -0.2) is 0 Å². The van der Waals surface area contributed by atoms with Gasteiger partial charge in [0.05, 0.1) is 30.0 Å². The Morgan fingerprint density at radius 1 is 1.00 bits per heavy atom. The van der Waals surface area contributed by atoms with Crippen LogP contribution in [0.3, 0.4) is 0 Å². The second kappa shape index (κ2) is 7.45. The van der Waals surface area contributed by atoms with Crippen LogP contribution in [0.4, 0.5) is 0 Å². The molecule has 1 aliphatic heterocycles. The minimum Gasteiger partial charge on any atom is -0.348 e. The first-order chi connectivity index (χ1) is 13.2. The van der Waals surface area contributed by atoms with Crippen LogP contribution in [0.1, 0.15) is 32.0 Å². The van der Waals surface area contributed by atoms with Gasteiger partial charge >= 0.3 is 0 Å². The fourth-order valence-electron chi connectivity index (χ4n) is 3.31. The van der Waals surface area contributed by atoms with Crippen LogP contribution in [0.2, 0.25) is 0 Å². The summed E-state index contributed by atoms with van der Waals surface area (Å²) >= 11 is 0. The molecule has 6 nitrogen and oxygen atoms in total. The van der Waals surface area contributed by atoms with E-state index in [1.54, 1.807) is 23.0 Å². The molecule has 0 radical (unpaired) electrons. The summed E-state index contributed by atoms with van der Waals surface area (Å²) in [5.74, 6) is -0.253. The van der Waals surface area contributed by atoms with Crippen LogP contribution in [0.25, 0.3) is 0 Å².